The number of ether oxygens (including phenoxy) is 2. The molecule has 3 aromatic carbocycles. The molecule has 0 bridgehead atoms. The van der Waals surface area contributed by atoms with E-state index in [9.17, 15) is 0 Å². The highest BCUT2D eigenvalue weighted by molar-refractivity contribution is 6.30. The summed E-state index contributed by atoms with van der Waals surface area (Å²) in [7, 11) is 1.64. The van der Waals surface area contributed by atoms with E-state index in [2.05, 4.69) is 10.2 Å². The van der Waals surface area contributed by atoms with Crippen molar-refractivity contribution in [1.29, 1.82) is 0 Å². The summed E-state index contributed by atoms with van der Waals surface area (Å²) in [5.41, 5.74) is 2.94. The molecular weight excluding hydrogens is 388 g/mol. The number of hydrogen-bond acceptors (Lipinski definition) is 5. The number of nitrogens with zero attached hydrogens (tertiary/aromatic N) is 2. The Labute approximate surface area is 173 Å². The van der Waals surface area contributed by atoms with Crippen molar-refractivity contribution in [3.63, 3.8) is 0 Å². The van der Waals surface area contributed by atoms with Crippen molar-refractivity contribution >= 4 is 11.6 Å². The highest BCUT2D eigenvalue weighted by atomic mass is 35.5. The van der Waals surface area contributed by atoms with E-state index >= 15 is 0 Å². The van der Waals surface area contributed by atoms with E-state index in [-0.39, 0.29) is 0 Å². The van der Waals surface area contributed by atoms with Gasteiger partial charge in [0.1, 0.15) is 18.1 Å². The predicted molar refractivity (Wildman–Crippen MR) is 111 cm³/mol. The van der Waals surface area contributed by atoms with Crippen molar-refractivity contribution in [2.75, 3.05) is 7.11 Å². The molecule has 0 saturated carbocycles. The van der Waals surface area contributed by atoms with Crippen LogP contribution in [0, 0.1) is 0 Å². The maximum Gasteiger partial charge on any atom is 0.247 e. The van der Waals surface area contributed by atoms with Gasteiger partial charge in [0.05, 0.1) is 13.5 Å². The smallest absolute Gasteiger partial charge is 0.247 e. The van der Waals surface area contributed by atoms with Crippen molar-refractivity contribution in [2.24, 2.45) is 0 Å². The summed E-state index contributed by atoms with van der Waals surface area (Å²) in [6, 6.07) is 23.0. The molecule has 29 heavy (non-hydrogen) atoms. The van der Waals surface area contributed by atoms with Crippen LogP contribution in [0.25, 0.3) is 11.5 Å². The van der Waals surface area contributed by atoms with E-state index in [1.807, 2.05) is 72.8 Å². The van der Waals surface area contributed by atoms with E-state index in [0.717, 1.165) is 28.2 Å². The van der Waals surface area contributed by atoms with Crippen molar-refractivity contribution < 1.29 is 13.9 Å². The fourth-order valence-corrected chi connectivity index (χ4v) is 3.06. The van der Waals surface area contributed by atoms with Gasteiger partial charge in [0.25, 0.3) is 0 Å². The molecule has 0 aliphatic carbocycles. The molecule has 0 amide bonds. The van der Waals surface area contributed by atoms with Gasteiger partial charge in [0.2, 0.25) is 11.8 Å². The molecule has 4 aromatic rings. The minimum atomic E-state index is 0.469. The van der Waals surface area contributed by atoms with Crippen molar-refractivity contribution in [3.8, 4) is 23.0 Å². The van der Waals surface area contributed by atoms with Crippen LogP contribution in [0.5, 0.6) is 11.5 Å². The van der Waals surface area contributed by atoms with Gasteiger partial charge < -0.3 is 13.9 Å². The van der Waals surface area contributed by atoms with E-state index in [4.69, 9.17) is 25.5 Å². The highest BCUT2D eigenvalue weighted by Crippen LogP contribution is 2.22. The molecule has 0 aliphatic heterocycles. The van der Waals surface area contributed by atoms with Gasteiger partial charge in [-0.3, -0.25) is 0 Å². The molecule has 4 rings (SSSR count). The summed E-state index contributed by atoms with van der Waals surface area (Å²) in [6.07, 6.45) is 0.543. The predicted octanol–water partition coefficient (Wildman–Crippen LogP) is 5.57. The lowest BCUT2D eigenvalue weighted by Gasteiger charge is -2.07. The zero-order valence-electron chi connectivity index (χ0n) is 15.8. The molecular formula is C23H19ClN2O3. The number of rotatable bonds is 7. The molecule has 0 unspecified atom stereocenters. The fraction of sp³-hybridized carbons (Fsp3) is 0.130. The molecule has 1 heterocycles. The van der Waals surface area contributed by atoms with Crippen LogP contribution < -0.4 is 9.47 Å². The quantitative estimate of drug-likeness (QED) is 0.401. The topological polar surface area (TPSA) is 57.4 Å². The first kappa shape index (κ1) is 19.0. The second-order valence-corrected chi connectivity index (χ2v) is 6.91. The zero-order chi connectivity index (χ0) is 20.1. The van der Waals surface area contributed by atoms with Gasteiger partial charge >= 0.3 is 0 Å². The Hall–Kier alpha value is -3.31. The number of hydrogen-bond donors (Lipinski definition) is 0. The van der Waals surface area contributed by atoms with Gasteiger partial charge in [-0.15, -0.1) is 10.2 Å². The summed E-state index contributed by atoms with van der Waals surface area (Å²) in [5.74, 6) is 2.63. The monoisotopic (exact) mass is 406 g/mol. The van der Waals surface area contributed by atoms with E-state index in [0.29, 0.717) is 29.8 Å². The minimum Gasteiger partial charge on any atom is -0.497 e. The fourth-order valence-electron chi connectivity index (χ4n) is 2.85. The lowest BCUT2D eigenvalue weighted by molar-refractivity contribution is 0.305. The molecule has 0 fully saturated rings. The molecule has 0 atom stereocenters. The minimum absolute atomic E-state index is 0.469. The standard InChI is InChI=1S/C23H19ClN2O3/c1-27-20-9-11-21(12-10-20)28-15-16-5-7-18(8-6-16)23-26-25-22(29-23)14-17-3-2-4-19(24)13-17/h2-13H,14-15H2,1H3. The van der Waals surface area contributed by atoms with Crippen LogP contribution in [0.4, 0.5) is 0 Å². The summed E-state index contributed by atoms with van der Waals surface area (Å²) in [6.45, 7) is 0.469. The number of halogens is 1. The first-order valence-electron chi connectivity index (χ1n) is 9.12. The van der Waals surface area contributed by atoms with Crippen molar-refractivity contribution in [3.05, 3.63) is 94.8 Å². The van der Waals surface area contributed by atoms with Crippen LogP contribution in [-0.4, -0.2) is 17.3 Å². The lowest BCUT2D eigenvalue weighted by Crippen LogP contribution is -1.95. The average Bonchev–Trinajstić information content (AvgIpc) is 3.21. The van der Waals surface area contributed by atoms with Crippen LogP contribution in [0.2, 0.25) is 5.02 Å². The maximum absolute atomic E-state index is 6.02. The second-order valence-electron chi connectivity index (χ2n) is 6.47. The first-order valence-corrected chi connectivity index (χ1v) is 9.50. The van der Waals surface area contributed by atoms with Crippen LogP contribution in [0.3, 0.4) is 0 Å². The van der Waals surface area contributed by atoms with Gasteiger partial charge in [0, 0.05) is 10.6 Å². The largest absolute Gasteiger partial charge is 0.497 e. The molecule has 0 radical (unpaired) electrons. The van der Waals surface area contributed by atoms with Crippen molar-refractivity contribution in [1.82, 2.24) is 10.2 Å². The molecule has 0 aliphatic rings. The Morgan fingerprint density at radius 3 is 2.34 bits per heavy atom. The molecule has 1 aromatic heterocycles. The number of aromatic nitrogens is 2. The summed E-state index contributed by atoms with van der Waals surface area (Å²) < 4.78 is 16.7. The summed E-state index contributed by atoms with van der Waals surface area (Å²) >= 11 is 6.02. The Kier molecular flexibility index (Phi) is 5.77. The lowest BCUT2D eigenvalue weighted by atomic mass is 10.1. The Morgan fingerprint density at radius 1 is 0.862 bits per heavy atom. The molecule has 6 heteroatoms. The summed E-state index contributed by atoms with van der Waals surface area (Å²) in [5, 5.41) is 8.98. The molecule has 0 N–H and O–H groups in total. The maximum atomic E-state index is 6.02. The third-order valence-corrected chi connectivity index (χ3v) is 4.61. The van der Waals surface area contributed by atoms with Crippen LogP contribution in [0.1, 0.15) is 17.0 Å². The van der Waals surface area contributed by atoms with E-state index < -0.39 is 0 Å². The molecule has 5 nitrogen and oxygen atoms in total. The average molecular weight is 407 g/mol. The van der Waals surface area contributed by atoms with E-state index in [1.165, 1.54) is 0 Å². The molecule has 146 valence electrons. The Balaban J connectivity index is 1.38. The second kappa shape index (κ2) is 8.80. The summed E-state index contributed by atoms with van der Waals surface area (Å²) in [4.78, 5) is 0. The van der Waals surface area contributed by atoms with Gasteiger partial charge in [0.15, 0.2) is 0 Å². The van der Waals surface area contributed by atoms with Gasteiger partial charge in [-0.2, -0.15) is 0 Å². The zero-order valence-corrected chi connectivity index (χ0v) is 16.6. The van der Waals surface area contributed by atoms with Crippen LogP contribution in [-0.2, 0) is 13.0 Å². The SMILES string of the molecule is COc1ccc(OCc2ccc(-c3nnc(Cc4cccc(Cl)c4)o3)cc2)cc1. The Bertz CT molecular complexity index is 1080. The first-order chi connectivity index (χ1) is 14.2. The number of methoxy groups -OCH3 is 1. The van der Waals surface area contributed by atoms with Gasteiger partial charge in [-0.1, -0.05) is 35.9 Å². The van der Waals surface area contributed by atoms with Gasteiger partial charge in [-0.25, -0.2) is 0 Å². The third kappa shape index (κ3) is 4.95. The van der Waals surface area contributed by atoms with Crippen LogP contribution >= 0.6 is 11.6 Å². The number of benzene rings is 3. The normalized spacial score (nSPS) is 10.7. The molecule has 0 spiro atoms. The molecule has 0 saturated heterocycles. The highest BCUT2D eigenvalue weighted by Gasteiger charge is 2.10. The van der Waals surface area contributed by atoms with Crippen molar-refractivity contribution in [2.45, 2.75) is 13.0 Å². The van der Waals surface area contributed by atoms with E-state index in [1.54, 1.807) is 7.11 Å². The Morgan fingerprint density at radius 2 is 1.62 bits per heavy atom. The van der Waals surface area contributed by atoms with Gasteiger partial charge in [-0.05, 0) is 59.7 Å². The van der Waals surface area contributed by atoms with Crippen LogP contribution in [0.15, 0.2) is 77.2 Å². The third-order valence-electron chi connectivity index (χ3n) is 4.38.